The largest absolute Gasteiger partial charge is 0.497 e. The highest BCUT2D eigenvalue weighted by atomic mass is 16.5. The summed E-state index contributed by atoms with van der Waals surface area (Å²) in [5.74, 6) is 0.885. The number of hydrogen-bond donors (Lipinski definition) is 1. The SMILES string of the molecule is CCCc1cc(=O)oc2cc(OC(C)C(=O)Nc3ccc(OC)cc3)ccc12. The maximum Gasteiger partial charge on any atom is 0.336 e. The molecule has 0 bridgehead atoms. The lowest BCUT2D eigenvalue weighted by atomic mass is 10.1. The summed E-state index contributed by atoms with van der Waals surface area (Å²) in [5.41, 5.74) is 1.66. The van der Waals surface area contributed by atoms with Crippen LogP contribution in [0.1, 0.15) is 25.8 Å². The van der Waals surface area contributed by atoms with Gasteiger partial charge in [-0.2, -0.15) is 0 Å². The lowest BCUT2D eigenvalue weighted by Gasteiger charge is -2.15. The summed E-state index contributed by atoms with van der Waals surface area (Å²) in [6, 6.07) is 13.8. The standard InChI is InChI=1S/C22H23NO5/c1-4-5-15-12-21(24)28-20-13-18(10-11-19(15)20)27-14(2)22(25)23-16-6-8-17(26-3)9-7-16/h6-14H,4-5H2,1-3H3,(H,23,25). The lowest BCUT2D eigenvalue weighted by molar-refractivity contribution is -0.122. The molecule has 0 aliphatic carbocycles. The molecule has 6 nitrogen and oxygen atoms in total. The van der Waals surface area contributed by atoms with Gasteiger partial charge in [-0.05, 0) is 55.3 Å². The molecule has 0 spiro atoms. The summed E-state index contributed by atoms with van der Waals surface area (Å²) in [7, 11) is 1.58. The van der Waals surface area contributed by atoms with Gasteiger partial charge in [0.2, 0.25) is 0 Å². The van der Waals surface area contributed by atoms with Crippen molar-refractivity contribution in [3.8, 4) is 11.5 Å². The number of benzene rings is 2. The van der Waals surface area contributed by atoms with E-state index in [0.29, 0.717) is 22.8 Å². The first-order valence-electron chi connectivity index (χ1n) is 9.18. The average molecular weight is 381 g/mol. The topological polar surface area (TPSA) is 77.8 Å². The zero-order valence-corrected chi connectivity index (χ0v) is 16.2. The van der Waals surface area contributed by atoms with Crippen LogP contribution >= 0.6 is 0 Å². The number of aryl methyl sites for hydroxylation is 1. The summed E-state index contributed by atoms with van der Waals surface area (Å²) in [6.07, 6.45) is 0.993. The number of hydrogen-bond acceptors (Lipinski definition) is 5. The Morgan fingerprint density at radius 2 is 1.82 bits per heavy atom. The molecule has 3 aromatic rings. The van der Waals surface area contributed by atoms with Crippen LogP contribution in [-0.2, 0) is 11.2 Å². The maximum absolute atomic E-state index is 12.4. The van der Waals surface area contributed by atoms with Gasteiger partial charge in [0.05, 0.1) is 7.11 Å². The molecule has 0 saturated heterocycles. The van der Waals surface area contributed by atoms with Gasteiger partial charge in [0, 0.05) is 23.2 Å². The zero-order valence-electron chi connectivity index (χ0n) is 16.2. The molecular weight excluding hydrogens is 358 g/mol. The molecule has 0 radical (unpaired) electrons. The number of rotatable bonds is 7. The van der Waals surface area contributed by atoms with Gasteiger partial charge in [-0.15, -0.1) is 0 Å². The van der Waals surface area contributed by atoms with Crippen LogP contribution in [0.5, 0.6) is 11.5 Å². The van der Waals surface area contributed by atoms with E-state index in [0.717, 1.165) is 23.8 Å². The minimum Gasteiger partial charge on any atom is -0.497 e. The third-order valence-electron chi connectivity index (χ3n) is 4.36. The van der Waals surface area contributed by atoms with E-state index in [4.69, 9.17) is 13.9 Å². The average Bonchev–Trinajstić information content (AvgIpc) is 2.68. The van der Waals surface area contributed by atoms with Crippen LogP contribution in [0.2, 0.25) is 0 Å². The van der Waals surface area contributed by atoms with E-state index in [1.54, 1.807) is 50.4 Å². The van der Waals surface area contributed by atoms with Crippen molar-refractivity contribution < 1.29 is 18.7 Å². The maximum atomic E-state index is 12.4. The highest BCUT2D eigenvalue weighted by Gasteiger charge is 2.16. The molecule has 0 fully saturated rings. The van der Waals surface area contributed by atoms with E-state index < -0.39 is 11.7 Å². The van der Waals surface area contributed by atoms with Crippen LogP contribution in [0, 0.1) is 0 Å². The number of nitrogens with one attached hydrogen (secondary N) is 1. The minimum atomic E-state index is -0.731. The molecule has 1 aromatic heterocycles. The first-order chi connectivity index (χ1) is 13.5. The fourth-order valence-corrected chi connectivity index (χ4v) is 2.94. The Labute approximate surface area is 163 Å². The van der Waals surface area contributed by atoms with Gasteiger partial charge in [0.1, 0.15) is 17.1 Å². The first-order valence-corrected chi connectivity index (χ1v) is 9.18. The number of anilines is 1. The molecule has 0 aliphatic rings. The number of fused-ring (bicyclic) bond motifs is 1. The van der Waals surface area contributed by atoms with Gasteiger partial charge in [0.25, 0.3) is 5.91 Å². The predicted octanol–water partition coefficient (Wildman–Crippen LogP) is 4.16. The quantitative estimate of drug-likeness (QED) is 0.622. The van der Waals surface area contributed by atoms with Gasteiger partial charge in [-0.3, -0.25) is 4.79 Å². The van der Waals surface area contributed by atoms with Crippen molar-refractivity contribution >= 4 is 22.6 Å². The lowest BCUT2D eigenvalue weighted by Crippen LogP contribution is -2.30. The Balaban J connectivity index is 1.73. The minimum absolute atomic E-state index is 0.286. The zero-order chi connectivity index (χ0) is 20.1. The molecule has 1 unspecified atom stereocenters. The Bertz CT molecular complexity index is 1020. The third kappa shape index (κ3) is 4.52. The Morgan fingerprint density at radius 3 is 2.50 bits per heavy atom. The van der Waals surface area contributed by atoms with Crippen LogP contribution in [0.4, 0.5) is 5.69 Å². The molecule has 1 N–H and O–H groups in total. The normalized spacial score (nSPS) is 11.8. The highest BCUT2D eigenvalue weighted by Crippen LogP contribution is 2.24. The Kier molecular flexibility index (Phi) is 5.99. The van der Waals surface area contributed by atoms with Crippen molar-refractivity contribution in [2.45, 2.75) is 32.8 Å². The molecule has 1 amide bonds. The summed E-state index contributed by atoms with van der Waals surface area (Å²) in [4.78, 5) is 24.2. The second-order valence-corrected chi connectivity index (χ2v) is 6.48. The molecular formula is C22H23NO5. The fraction of sp³-hybridized carbons (Fsp3) is 0.273. The molecule has 146 valence electrons. The van der Waals surface area contributed by atoms with Crippen LogP contribution in [-0.4, -0.2) is 19.1 Å². The van der Waals surface area contributed by atoms with Crippen molar-refractivity contribution in [1.82, 2.24) is 0 Å². The molecule has 0 aliphatic heterocycles. The van der Waals surface area contributed by atoms with E-state index in [2.05, 4.69) is 12.2 Å². The second-order valence-electron chi connectivity index (χ2n) is 6.48. The predicted molar refractivity (Wildman–Crippen MR) is 108 cm³/mol. The molecule has 1 atom stereocenters. The number of carbonyl (C=O) groups excluding carboxylic acids is 1. The van der Waals surface area contributed by atoms with Crippen LogP contribution < -0.4 is 20.4 Å². The summed E-state index contributed by atoms with van der Waals surface area (Å²) in [5, 5.41) is 3.67. The third-order valence-corrected chi connectivity index (χ3v) is 4.36. The van der Waals surface area contributed by atoms with E-state index in [-0.39, 0.29) is 5.91 Å². The van der Waals surface area contributed by atoms with Crippen molar-refractivity contribution in [2.75, 3.05) is 12.4 Å². The van der Waals surface area contributed by atoms with Gasteiger partial charge in [0.15, 0.2) is 6.10 Å². The number of methoxy groups -OCH3 is 1. The van der Waals surface area contributed by atoms with Crippen LogP contribution in [0.3, 0.4) is 0 Å². The molecule has 3 rings (SSSR count). The first kappa shape index (κ1) is 19.5. The summed E-state index contributed by atoms with van der Waals surface area (Å²) < 4.78 is 16.1. The monoisotopic (exact) mass is 381 g/mol. The molecule has 28 heavy (non-hydrogen) atoms. The van der Waals surface area contributed by atoms with Gasteiger partial charge >= 0.3 is 5.63 Å². The van der Waals surface area contributed by atoms with Crippen molar-refractivity contribution in [3.63, 3.8) is 0 Å². The van der Waals surface area contributed by atoms with Crippen molar-refractivity contribution in [1.29, 1.82) is 0 Å². The van der Waals surface area contributed by atoms with Crippen LogP contribution in [0.25, 0.3) is 11.0 Å². The Hall–Kier alpha value is -3.28. The Morgan fingerprint density at radius 1 is 1.11 bits per heavy atom. The smallest absolute Gasteiger partial charge is 0.336 e. The van der Waals surface area contributed by atoms with E-state index in [1.165, 1.54) is 6.07 Å². The summed E-state index contributed by atoms with van der Waals surface area (Å²) >= 11 is 0. The number of amides is 1. The molecule has 2 aromatic carbocycles. The molecule has 0 saturated carbocycles. The van der Waals surface area contributed by atoms with Gasteiger partial charge < -0.3 is 19.2 Å². The van der Waals surface area contributed by atoms with E-state index in [9.17, 15) is 9.59 Å². The number of ether oxygens (including phenoxy) is 2. The molecule has 1 heterocycles. The fourth-order valence-electron chi connectivity index (χ4n) is 2.94. The van der Waals surface area contributed by atoms with Crippen LogP contribution in [0.15, 0.2) is 57.7 Å². The van der Waals surface area contributed by atoms with E-state index in [1.807, 2.05) is 6.07 Å². The van der Waals surface area contributed by atoms with Crippen molar-refractivity contribution in [2.24, 2.45) is 0 Å². The summed E-state index contributed by atoms with van der Waals surface area (Å²) in [6.45, 7) is 3.72. The van der Waals surface area contributed by atoms with Crippen molar-refractivity contribution in [3.05, 3.63) is 64.5 Å². The number of carbonyl (C=O) groups is 1. The highest BCUT2D eigenvalue weighted by molar-refractivity contribution is 5.94. The van der Waals surface area contributed by atoms with Gasteiger partial charge in [-0.1, -0.05) is 13.3 Å². The van der Waals surface area contributed by atoms with E-state index >= 15 is 0 Å². The second kappa shape index (κ2) is 8.61. The molecule has 6 heteroatoms. The van der Waals surface area contributed by atoms with Gasteiger partial charge in [-0.25, -0.2) is 4.79 Å².